The highest BCUT2D eigenvalue weighted by Crippen LogP contribution is 2.42. The lowest BCUT2D eigenvalue weighted by Crippen LogP contribution is -2.53. The normalized spacial score (nSPS) is 18.0. The van der Waals surface area contributed by atoms with Gasteiger partial charge < -0.3 is 29.7 Å². The van der Waals surface area contributed by atoms with Gasteiger partial charge in [-0.2, -0.15) is 4.98 Å². The highest BCUT2D eigenvalue weighted by Gasteiger charge is 2.30. The van der Waals surface area contributed by atoms with Crippen LogP contribution in [0.2, 0.25) is 0 Å². The van der Waals surface area contributed by atoms with Crippen LogP contribution in [0.25, 0.3) is 11.0 Å². The summed E-state index contributed by atoms with van der Waals surface area (Å²) in [6.07, 6.45) is 13.7. The van der Waals surface area contributed by atoms with Gasteiger partial charge in [-0.15, -0.1) is 0 Å². The molecule has 0 bridgehead atoms. The maximum atomic E-state index is 13.5. The van der Waals surface area contributed by atoms with Crippen LogP contribution in [0.15, 0.2) is 71.6 Å². The van der Waals surface area contributed by atoms with Gasteiger partial charge in [0.05, 0.1) is 39.7 Å². The number of carbonyl (C=O) groups excluding carboxylic acids is 2. The number of piperazine rings is 1. The van der Waals surface area contributed by atoms with Crippen molar-refractivity contribution in [3.8, 4) is 5.75 Å². The minimum Gasteiger partial charge on any atom is -0.494 e. The lowest BCUT2D eigenvalue weighted by Gasteiger charge is -2.43. The van der Waals surface area contributed by atoms with Crippen molar-refractivity contribution < 1.29 is 18.9 Å². The van der Waals surface area contributed by atoms with Crippen molar-refractivity contribution in [3.63, 3.8) is 0 Å². The Hall–Kier alpha value is -4.95. The van der Waals surface area contributed by atoms with Crippen LogP contribution in [0.3, 0.4) is 0 Å². The topological polar surface area (TPSA) is 158 Å². The number of carbonyl (C=O) groups is 2. The molecule has 3 aliphatic heterocycles. The predicted octanol–water partition coefficient (Wildman–Crippen LogP) is 8.01. The van der Waals surface area contributed by atoms with Gasteiger partial charge in [-0.1, -0.05) is 37.6 Å². The Morgan fingerprint density at radius 1 is 0.875 bits per heavy atom. The quantitative estimate of drug-likeness (QED) is 0.0497. The number of methoxy groups -OCH3 is 1. The maximum absolute atomic E-state index is 13.5. The monoisotopic (exact) mass is 950 g/mol. The number of aryl methyl sites for hydroxylation is 2. The second-order valence-electron chi connectivity index (χ2n) is 17.6. The van der Waals surface area contributed by atoms with Gasteiger partial charge in [-0.05, 0) is 116 Å². The molecular formula is C48H60BrN10O4P. The van der Waals surface area contributed by atoms with Crippen molar-refractivity contribution in [2.45, 2.75) is 76.7 Å². The van der Waals surface area contributed by atoms with E-state index in [0.717, 1.165) is 94.9 Å². The largest absolute Gasteiger partial charge is 0.494 e. The van der Waals surface area contributed by atoms with Gasteiger partial charge in [-0.3, -0.25) is 29.8 Å². The Morgan fingerprint density at radius 2 is 1.64 bits per heavy atom. The number of unbranched alkanes of at least 4 members (excludes halogenated alkanes) is 2. The first-order chi connectivity index (χ1) is 31.0. The lowest BCUT2D eigenvalue weighted by molar-refractivity contribution is -0.134. The second kappa shape index (κ2) is 20.5. The molecule has 16 heteroatoms. The van der Waals surface area contributed by atoms with Crippen LogP contribution in [0.1, 0.15) is 74.5 Å². The predicted molar refractivity (Wildman–Crippen MR) is 260 cm³/mol. The van der Waals surface area contributed by atoms with E-state index < -0.39 is 7.14 Å². The number of imide groups is 1. The molecule has 5 heterocycles. The zero-order chi connectivity index (χ0) is 44.8. The smallest absolute Gasteiger partial charge is 0.234 e. The van der Waals surface area contributed by atoms with Gasteiger partial charge in [0.2, 0.25) is 17.8 Å². The molecular weight excluding hydrogens is 891 g/mol. The SMILES string of the molecule is CCc1cc(Nc2ncc(Br)c(Nc3ccc4nccnc4c3P(C)(C)=O)n2)c(OC)cc1N1CCC(N2CCN(CCCCCc3ccc(C4CCC(=O)NC4=O)cc3)CC2)CC1. The number of anilines is 5. The van der Waals surface area contributed by atoms with E-state index in [1.54, 1.807) is 39.0 Å². The minimum absolute atomic E-state index is 0.170. The minimum atomic E-state index is -2.76. The molecule has 1 unspecified atom stereocenters. The van der Waals surface area contributed by atoms with Gasteiger partial charge >= 0.3 is 0 Å². The molecule has 3 saturated heterocycles. The molecule has 0 aliphatic carbocycles. The van der Waals surface area contributed by atoms with Gasteiger partial charge in [0.15, 0.2) is 0 Å². The number of piperidine rings is 2. The van der Waals surface area contributed by atoms with E-state index >= 15 is 0 Å². The third-order valence-electron chi connectivity index (χ3n) is 13.0. The van der Waals surface area contributed by atoms with Crippen LogP contribution in [0.4, 0.5) is 28.8 Å². The van der Waals surface area contributed by atoms with E-state index in [0.29, 0.717) is 57.1 Å². The lowest BCUT2D eigenvalue weighted by atomic mass is 9.90. The van der Waals surface area contributed by atoms with Crippen molar-refractivity contribution in [2.24, 2.45) is 0 Å². The summed E-state index contributed by atoms with van der Waals surface area (Å²) < 4.78 is 20.1. The first-order valence-corrected chi connectivity index (χ1v) is 26.1. The highest BCUT2D eigenvalue weighted by molar-refractivity contribution is 9.10. The van der Waals surface area contributed by atoms with Crippen molar-refractivity contribution in [1.29, 1.82) is 0 Å². The van der Waals surface area contributed by atoms with Crippen molar-refractivity contribution >= 4 is 80.1 Å². The number of halogens is 1. The summed E-state index contributed by atoms with van der Waals surface area (Å²) in [6.45, 7) is 13.3. The first-order valence-electron chi connectivity index (χ1n) is 22.7. The molecule has 3 N–H and O–H groups in total. The average Bonchev–Trinajstić information content (AvgIpc) is 3.30. The molecule has 338 valence electrons. The summed E-state index contributed by atoms with van der Waals surface area (Å²) in [6, 6.07) is 17.1. The van der Waals surface area contributed by atoms with E-state index in [9.17, 15) is 14.2 Å². The first kappa shape index (κ1) is 45.6. The molecule has 8 rings (SSSR count). The van der Waals surface area contributed by atoms with Crippen LogP contribution < -0.4 is 30.9 Å². The van der Waals surface area contributed by atoms with Crippen LogP contribution in [-0.4, -0.2) is 114 Å². The molecule has 3 aliphatic rings. The number of ether oxygens (including phenoxy) is 1. The van der Waals surface area contributed by atoms with Crippen molar-refractivity contribution in [3.05, 3.63) is 88.3 Å². The Morgan fingerprint density at radius 3 is 2.36 bits per heavy atom. The number of nitrogens with one attached hydrogen (secondary N) is 3. The third-order valence-corrected chi connectivity index (χ3v) is 15.1. The molecule has 3 fully saturated rings. The summed E-state index contributed by atoms with van der Waals surface area (Å²) in [5.74, 6) is 1.07. The third kappa shape index (κ3) is 10.8. The molecule has 64 heavy (non-hydrogen) atoms. The zero-order valence-electron chi connectivity index (χ0n) is 37.4. The Balaban J connectivity index is 0.808. The van der Waals surface area contributed by atoms with Gasteiger partial charge in [0, 0.05) is 82.1 Å². The van der Waals surface area contributed by atoms with Gasteiger partial charge in [0.1, 0.15) is 24.2 Å². The number of aromatic nitrogens is 4. The number of hydrogen-bond acceptors (Lipinski definition) is 13. The molecule has 3 aromatic carbocycles. The van der Waals surface area contributed by atoms with Crippen molar-refractivity contribution in [1.82, 2.24) is 35.1 Å². The fourth-order valence-corrected chi connectivity index (χ4v) is 11.2. The second-order valence-corrected chi connectivity index (χ2v) is 21.6. The molecule has 5 aromatic rings. The van der Waals surface area contributed by atoms with E-state index in [1.165, 1.54) is 29.7 Å². The summed E-state index contributed by atoms with van der Waals surface area (Å²) in [4.78, 5) is 49.9. The molecule has 0 radical (unpaired) electrons. The number of amides is 2. The van der Waals surface area contributed by atoms with E-state index in [1.807, 2.05) is 12.1 Å². The number of nitrogens with zero attached hydrogens (tertiary/aromatic N) is 7. The average molecular weight is 952 g/mol. The number of benzene rings is 3. The molecule has 2 aromatic heterocycles. The van der Waals surface area contributed by atoms with Gasteiger partial charge in [0.25, 0.3) is 0 Å². The highest BCUT2D eigenvalue weighted by atomic mass is 79.9. The molecule has 1 atom stereocenters. The van der Waals surface area contributed by atoms with Crippen LogP contribution in [0.5, 0.6) is 5.75 Å². The standard InChI is InChI=1S/C48H60BrN10O4P/c1-5-33-29-40(54-48-52-31-37(49)46(56-48)53-39-16-15-38-44(51-21-20-50-38)45(39)64(3,4)62)42(63-2)30-41(33)59-23-18-35(19-24-59)58-27-25-57(26-28-58)22-8-6-7-9-32-10-12-34(13-11-32)36-14-17-43(60)55-47(36)61/h10-13,15-16,20-21,29-31,35-36H,5-9,14,17-19,22-28H2,1-4H3,(H,55,60,61)(H2,52,53,54,56). The Bertz CT molecular complexity index is 2500. The number of hydrogen-bond donors (Lipinski definition) is 3. The fraction of sp³-hybridized carbons (Fsp3) is 0.458. The summed E-state index contributed by atoms with van der Waals surface area (Å²) >= 11 is 3.61. The van der Waals surface area contributed by atoms with E-state index in [4.69, 9.17) is 9.72 Å². The molecule has 14 nitrogen and oxygen atoms in total. The zero-order valence-corrected chi connectivity index (χ0v) is 39.9. The number of rotatable bonds is 16. The number of fused-ring (bicyclic) bond motifs is 1. The maximum Gasteiger partial charge on any atom is 0.234 e. The van der Waals surface area contributed by atoms with E-state index in [-0.39, 0.29) is 17.7 Å². The van der Waals surface area contributed by atoms with Crippen molar-refractivity contribution in [2.75, 3.05) is 81.8 Å². The summed E-state index contributed by atoms with van der Waals surface area (Å²) in [5, 5.41) is 9.90. The van der Waals surface area contributed by atoms with Gasteiger partial charge in [-0.25, -0.2) is 4.98 Å². The van der Waals surface area contributed by atoms with Crippen LogP contribution in [-0.2, 0) is 27.0 Å². The molecule has 2 amide bonds. The molecule has 0 spiro atoms. The van der Waals surface area contributed by atoms with Crippen LogP contribution in [0, 0.1) is 0 Å². The molecule has 0 saturated carbocycles. The fourth-order valence-electron chi connectivity index (χ4n) is 9.48. The van der Waals surface area contributed by atoms with Crippen LogP contribution >= 0.6 is 23.1 Å². The Kier molecular flexibility index (Phi) is 14.6. The Labute approximate surface area is 384 Å². The van der Waals surface area contributed by atoms with E-state index in [2.05, 4.69) is 105 Å². The summed E-state index contributed by atoms with van der Waals surface area (Å²) in [7, 11) is -1.07. The summed E-state index contributed by atoms with van der Waals surface area (Å²) in [5.41, 5.74) is 7.49.